The molecule has 0 radical (unpaired) electrons. The number of aromatic nitrogens is 3. The van der Waals surface area contributed by atoms with Crippen LogP contribution in [0, 0.1) is 0 Å². The summed E-state index contributed by atoms with van der Waals surface area (Å²) in [6.45, 7) is 5.79. The molecule has 1 heterocycles. The van der Waals surface area contributed by atoms with Crippen LogP contribution in [0.3, 0.4) is 0 Å². The fourth-order valence-corrected chi connectivity index (χ4v) is 4.43. The highest BCUT2D eigenvalue weighted by atomic mass is 35.5. The second-order valence-corrected chi connectivity index (χ2v) is 10.5. The zero-order chi connectivity index (χ0) is 24.0. The molecule has 0 aliphatic carbocycles. The summed E-state index contributed by atoms with van der Waals surface area (Å²) in [4.78, 5) is 24.5. The van der Waals surface area contributed by atoms with Gasteiger partial charge in [0.05, 0.1) is 21.3 Å². The van der Waals surface area contributed by atoms with Crippen molar-refractivity contribution in [3.8, 4) is 5.69 Å². The van der Waals surface area contributed by atoms with E-state index in [0.29, 0.717) is 16.3 Å². The number of nitrogens with one attached hydrogen (secondary N) is 1. The molecule has 170 valence electrons. The first-order chi connectivity index (χ1) is 14.7. The summed E-state index contributed by atoms with van der Waals surface area (Å²) in [5.74, 6) is -1.39. The number of H-pyrrole nitrogens is 1. The molecule has 0 saturated heterocycles. The summed E-state index contributed by atoms with van der Waals surface area (Å²) in [6, 6.07) is 6.46. The number of carbonyl (C=O) groups is 1. The third-order valence-electron chi connectivity index (χ3n) is 4.53. The average Bonchev–Trinajstić information content (AvgIpc) is 3.02. The monoisotopic (exact) mass is 519 g/mol. The van der Waals surface area contributed by atoms with Crippen molar-refractivity contribution in [3.05, 3.63) is 67.6 Å². The number of rotatable bonds is 5. The molecule has 0 aliphatic rings. The summed E-state index contributed by atoms with van der Waals surface area (Å²) in [6.07, 6.45) is 0. The predicted molar refractivity (Wildman–Crippen MR) is 124 cm³/mol. The van der Waals surface area contributed by atoms with E-state index in [1.807, 2.05) is 20.8 Å². The number of aromatic carboxylic acids is 1. The molecule has 0 aliphatic heterocycles. The molecule has 1 unspecified atom stereocenters. The van der Waals surface area contributed by atoms with Gasteiger partial charge in [0, 0.05) is 10.5 Å². The van der Waals surface area contributed by atoms with Crippen LogP contribution < -0.4 is 5.69 Å². The van der Waals surface area contributed by atoms with Crippen molar-refractivity contribution in [2.75, 3.05) is 0 Å². The van der Waals surface area contributed by atoms with Crippen molar-refractivity contribution in [2.24, 2.45) is 0 Å². The van der Waals surface area contributed by atoms with Crippen LogP contribution in [-0.2, 0) is 11.1 Å². The van der Waals surface area contributed by atoms with E-state index in [2.05, 4.69) is 10.2 Å². The van der Waals surface area contributed by atoms with Crippen molar-refractivity contribution in [3.63, 3.8) is 0 Å². The Morgan fingerprint density at radius 3 is 2.38 bits per heavy atom. The van der Waals surface area contributed by atoms with Gasteiger partial charge in [0.2, 0.25) is 5.16 Å². The number of carboxylic acid groups (broad SMARTS) is 1. The predicted octanol–water partition coefficient (Wildman–Crippen LogP) is 5.94. The second kappa shape index (κ2) is 8.78. The number of aromatic amines is 1. The normalized spacial score (nSPS) is 12.2. The maximum Gasteiger partial charge on any atom is 0.348 e. The van der Waals surface area contributed by atoms with Gasteiger partial charge in [0.25, 0.3) is 5.66 Å². The second-order valence-electron chi connectivity index (χ2n) is 7.92. The summed E-state index contributed by atoms with van der Waals surface area (Å²) in [5.41, 5.74) is -4.00. The van der Waals surface area contributed by atoms with Gasteiger partial charge in [-0.25, -0.2) is 19.3 Å². The quantitative estimate of drug-likeness (QED) is 0.407. The molecule has 1 atom stereocenters. The lowest BCUT2D eigenvalue weighted by molar-refractivity contribution is 0.0692. The Labute approximate surface area is 198 Å². The highest BCUT2D eigenvalue weighted by Crippen LogP contribution is 2.40. The summed E-state index contributed by atoms with van der Waals surface area (Å²) in [7, 11) is 1.37. The molecule has 0 saturated carbocycles. The highest BCUT2D eigenvalue weighted by molar-refractivity contribution is 7.99. The van der Waals surface area contributed by atoms with Gasteiger partial charge in [-0.05, 0) is 47.0 Å². The average molecular weight is 520 g/mol. The topological polar surface area (TPSA) is 88.0 Å². The fraction of sp³-hybridized carbons (Fsp3) is 0.250. The van der Waals surface area contributed by atoms with E-state index >= 15 is 0 Å². The molecule has 0 fully saturated rings. The van der Waals surface area contributed by atoms with Crippen LogP contribution in [0.15, 0.2) is 45.2 Å². The van der Waals surface area contributed by atoms with Crippen molar-refractivity contribution in [2.45, 2.75) is 41.9 Å². The lowest BCUT2D eigenvalue weighted by Gasteiger charge is -2.24. The first-order valence-corrected chi connectivity index (χ1v) is 11.2. The SMILES string of the molecule is CC(C)(C)c1cc(Cl)c(Cl)cc1-n1c(Sc2ccc(C(F)(F)P)cc2C(=O)O)n[nH]c1=O. The third-order valence-corrected chi connectivity index (χ3v) is 6.61. The van der Waals surface area contributed by atoms with Crippen LogP contribution >= 0.6 is 44.2 Å². The lowest BCUT2D eigenvalue weighted by Crippen LogP contribution is -2.22. The molecule has 6 nitrogen and oxygen atoms in total. The largest absolute Gasteiger partial charge is 0.478 e. The van der Waals surface area contributed by atoms with Crippen LogP contribution in [-0.4, -0.2) is 25.8 Å². The van der Waals surface area contributed by atoms with Crippen LogP contribution in [0.5, 0.6) is 0 Å². The van der Waals surface area contributed by atoms with E-state index in [9.17, 15) is 23.5 Å². The van der Waals surface area contributed by atoms with Gasteiger partial charge in [0.15, 0.2) is 0 Å². The molecular weight excluding hydrogens is 502 g/mol. The van der Waals surface area contributed by atoms with E-state index in [1.54, 1.807) is 6.07 Å². The van der Waals surface area contributed by atoms with Crippen LogP contribution in [0.25, 0.3) is 5.69 Å². The summed E-state index contributed by atoms with van der Waals surface area (Å²) < 4.78 is 28.5. The smallest absolute Gasteiger partial charge is 0.348 e. The molecule has 3 aromatic rings. The lowest BCUT2D eigenvalue weighted by atomic mass is 9.85. The van der Waals surface area contributed by atoms with Gasteiger partial charge in [-0.2, -0.15) is 8.78 Å². The number of alkyl halides is 2. The minimum absolute atomic E-state index is 0.103. The maximum absolute atomic E-state index is 13.6. The Morgan fingerprint density at radius 1 is 1.19 bits per heavy atom. The fourth-order valence-electron chi connectivity index (χ4n) is 2.98. The molecule has 0 amide bonds. The molecule has 0 spiro atoms. The van der Waals surface area contributed by atoms with Gasteiger partial charge in [-0.3, -0.25) is 0 Å². The van der Waals surface area contributed by atoms with Crippen LogP contribution in [0.2, 0.25) is 10.0 Å². The Balaban J connectivity index is 2.18. The van der Waals surface area contributed by atoms with Crippen molar-refractivity contribution < 1.29 is 18.7 Å². The minimum atomic E-state index is -3.29. The molecule has 32 heavy (non-hydrogen) atoms. The van der Waals surface area contributed by atoms with E-state index in [4.69, 9.17) is 23.2 Å². The van der Waals surface area contributed by atoms with E-state index < -0.39 is 28.3 Å². The standard InChI is InChI=1S/C20H18Cl2F2N3O3PS/c1-19(2,3)11-7-12(21)13(22)8-14(11)27-17(30)25-26-18(27)32-15-5-4-9(20(23,24)31)6-10(15)16(28)29/h4-8H,31H2,1-3H3,(H,25,30)(H,28,29). The Kier molecular flexibility index (Phi) is 6.78. The Bertz CT molecular complexity index is 1270. The molecular formula is C20H18Cl2F2N3O3PS. The number of nitrogens with zero attached hydrogens (tertiary/aromatic N) is 2. The van der Waals surface area contributed by atoms with Gasteiger partial charge in [-0.15, -0.1) is 5.10 Å². The number of carboxylic acids is 1. The molecule has 2 N–H and O–H groups in total. The van der Waals surface area contributed by atoms with Crippen molar-refractivity contribution >= 4 is 50.2 Å². The summed E-state index contributed by atoms with van der Waals surface area (Å²) >= 11 is 13.2. The molecule has 1 aromatic heterocycles. The maximum atomic E-state index is 13.6. The zero-order valence-corrected chi connectivity index (χ0v) is 20.5. The Hall–Kier alpha value is -1.93. The van der Waals surface area contributed by atoms with E-state index in [0.717, 1.165) is 23.9 Å². The van der Waals surface area contributed by atoms with Crippen LogP contribution in [0.4, 0.5) is 8.78 Å². The van der Waals surface area contributed by atoms with Gasteiger partial charge >= 0.3 is 11.7 Å². The summed E-state index contributed by atoms with van der Waals surface area (Å²) in [5, 5.41) is 16.5. The number of hydrogen-bond donors (Lipinski definition) is 2. The first-order valence-electron chi connectivity index (χ1n) is 9.10. The van der Waals surface area contributed by atoms with E-state index in [1.165, 1.54) is 25.9 Å². The zero-order valence-electron chi connectivity index (χ0n) is 17.0. The van der Waals surface area contributed by atoms with Crippen molar-refractivity contribution in [1.29, 1.82) is 0 Å². The molecule has 0 bridgehead atoms. The number of halogens is 4. The molecule has 12 heteroatoms. The van der Waals surface area contributed by atoms with E-state index in [-0.39, 0.29) is 20.6 Å². The molecule has 3 rings (SSSR count). The van der Waals surface area contributed by atoms with Gasteiger partial charge in [0.1, 0.15) is 0 Å². The van der Waals surface area contributed by atoms with Crippen molar-refractivity contribution in [1.82, 2.24) is 14.8 Å². The van der Waals surface area contributed by atoms with Crippen LogP contribution in [0.1, 0.15) is 42.3 Å². The Morgan fingerprint density at radius 2 is 1.81 bits per heavy atom. The first kappa shape index (κ1) is 24.7. The number of benzene rings is 2. The molecule has 2 aromatic carbocycles. The van der Waals surface area contributed by atoms with Gasteiger partial charge < -0.3 is 5.11 Å². The number of hydrogen-bond acceptors (Lipinski definition) is 4. The minimum Gasteiger partial charge on any atom is -0.478 e. The third kappa shape index (κ3) is 5.01. The highest BCUT2D eigenvalue weighted by Gasteiger charge is 2.28. The van der Waals surface area contributed by atoms with Gasteiger partial charge in [-0.1, -0.05) is 59.3 Å².